The van der Waals surface area contributed by atoms with Crippen LogP contribution in [0, 0.1) is 13.8 Å². The Morgan fingerprint density at radius 1 is 0.581 bits per heavy atom. The van der Waals surface area contributed by atoms with E-state index in [1.54, 1.807) is 0 Å². The fraction of sp³-hybridized carbons (Fsp3) is 0.400. The summed E-state index contributed by atoms with van der Waals surface area (Å²) in [6.45, 7) is 8.95. The first-order chi connectivity index (χ1) is 21.1. The van der Waals surface area contributed by atoms with Gasteiger partial charge in [-0.3, -0.25) is 4.98 Å². The van der Waals surface area contributed by atoms with Crippen LogP contribution in [0.25, 0.3) is 51.6 Å². The van der Waals surface area contributed by atoms with E-state index in [1.807, 2.05) is 45.3 Å². The summed E-state index contributed by atoms with van der Waals surface area (Å²) in [7, 11) is 0. The highest BCUT2D eigenvalue weighted by Crippen LogP contribution is 2.46. The standard InChI is InChI=1S/C35H39N3S5/c1-5-7-9-11-13-24-19-29(41-34(24)27-17-15-22(3)39-27)26-21-36-32(33-31(26)37-43-38-33)30-20-25(14-12-10-8-6-2)35(42-30)28-18-16-23(4)40-28/h15-21H,5-14H2,1-4H3. The smallest absolute Gasteiger partial charge is 0.132 e. The molecule has 0 saturated heterocycles. The summed E-state index contributed by atoms with van der Waals surface area (Å²) in [5, 5.41) is 0. The van der Waals surface area contributed by atoms with E-state index in [-0.39, 0.29) is 0 Å². The number of aryl methyl sites for hydroxylation is 4. The number of hydrogen-bond acceptors (Lipinski definition) is 8. The van der Waals surface area contributed by atoms with Crippen molar-refractivity contribution in [2.45, 2.75) is 91.9 Å². The normalized spacial score (nSPS) is 11.7. The Labute approximate surface area is 276 Å². The molecule has 0 unspecified atom stereocenters. The molecule has 0 saturated carbocycles. The van der Waals surface area contributed by atoms with Crippen LogP contribution in [0.3, 0.4) is 0 Å². The molecule has 0 spiro atoms. The van der Waals surface area contributed by atoms with E-state index in [0.717, 1.165) is 35.1 Å². The van der Waals surface area contributed by atoms with Gasteiger partial charge in [-0.05, 0) is 87.1 Å². The first kappa shape index (κ1) is 30.8. The zero-order valence-corrected chi connectivity index (χ0v) is 29.6. The highest BCUT2D eigenvalue weighted by Gasteiger charge is 2.22. The Bertz CT molecular complexity index is 1670. The largest absolute Gasteiger partial charge is 0.252 e. The van der Waals surface area contributed by atoms with Crippen molar-refractivity contribution in [3.8, 4) is 40.5 Å². The van der Waals surface area contributed by atoms with Gasteiger partial charge in [-0.15, -0.1) is 45.3 Å². The fourth-order valence-corrected chi connectivity index (χ4v) is 10.6. The zero-order chi connectivity index (χ0) is 29.8. The monoisotopic (exact) mass is 661 g/mol. The zero-order valence-electron chi connectivity index (χ0n) is 25.5. The van der Waals surface area contributed by atoms with Crippen LogP contribution in [0.5, 0.6) is 0 Å². The van der Waals surface area contributed by atoms with E-state index in [4.69, 9.17) is 13.7 Å². The lowest BCUT2D eigenvalue weighted by Gasteiger charge is -2.02. The third kappa shape index (κ3) is 6.89. The molecule has 6 aromatic heterocycles. The minimum Gasteiger partial charge on any atom is -0.252 e. The van der Waals surface area contributed by atoms with Crippen molar-refractivity contribution in [3.05, 3.63) is 63.5 Å². The number of thiophene rings is 4. The number of unbranched alkanes of at least 4 members (excludes halogenated alkanes) is 6. The fourth-order valence-electron chi connectivity index (χ4n) is 5.63. The average Bonchev–Trinajstić information content (AvgIpc) is 3.83. The number of hydrogen-bond donors (Lipinski definition) is 0. The number of pyridine rings is 1. The Hall–Kier alpha value is -2.23. The summed E-state index contributed by atoms with van der Waals surface area (Å²) < 4.78 is 9.68. The van der Waals surface area contributed by atoms with Crippen LogP contribution in [-0.4, -0.2) is 13.7 Å². The van der Waals surface area contributed by atoms with Crippen LogP contribution in [0.2, 0.25) is 0 Å². The van der Waals surface area contributed by atoms with Gasteiger partial charge in [0.1, 0.15) is 16.7 Å². The predicted octanol–water partition coefficient (Wildman–Crippen LogP) is 12.9. The van der Waals surface area contributed by atoms with Gasteiger partial charge in [0.2, 0.25) is 0 Å². The molecule has 6 heterocycles. The lowest BCUT2D eigenvalue weighted by Crippen LogP contribution is -1.88. The third-order valence-electron chi connectivity index (χ3n) is 7.94. The summed E-state index contributed by atoms with van der Waals surface area (Å²) in [5.41, 5.74) is 6.90. The maximum atomic E-state index is 5.12. The molecule has 0 aliphatic heterocycles. The van der Waals surface area contributed by atoms with Gasteiger partial charge in [0.05, 0.1) is 16.6 Å². The Morgan fingerprint density at radius 3 is 1.70 bits per heavy atom. The summed E-state index contributed by atoms with van der Waals surface area (Å²) in [4.78, 5) is 15.8. The number of nitrogens with zero attached hydrogens (tertiary/aromatic N) is 3. The highest BCUT2D eigenvalue weighted by atomic mass is 32.1. The minimum absolute atomic E-state index is 0.932. The molecule has 6 rings (SSSR count). The van der Waals surface area contributed by atoms with E-state index in [1.165, 1.54) is 113 Å². The van der Waals surface area contributed by atoms with Gasteiger partial charge in [0, 0.05) is 45.9 Å². The summed E-state index contributed by atoms with van der Waals surface area (Å²) in [6.07, 6.45) is 14.5. The molecule has 0 fully saturated rings. The molecule has 0 bridgehead atoms. The second kappa shape index (κ2) is 14.2. The molecular weight excluding hydrogens is 623 g/mol. The second-order valence-corrected chi connectivity index (χ2v) is 16.6. The van der Waals surface area contributed by atoms with E-state index in [9.17, 15) is 0 Å². The molecule has 0 aliphatic carbocycles. The van der Waals surface area contributed by atoms with E-state index in [0.29, 0.717) is 0 Å². The van der Waals surface area contributed by atoms with Crippen molar-refractivity contribution in [1.82, 2.24) is 13.7 Å². The van der Waals surface area contributed by atoms with Crippen LogP contribution >= 0.6 is 57.1 Å². The molecule has 3 nitrogen and oxygen atoms in total. The van der Waals surface area contributed by atoms with E-state index < -0.39 is 0 Å². The number of fused-ring (bicyclic) bond motifs is 1. The van der Waals surface area contributed by atoms with Crippen LogP contribution in [0.1, 0.15) is 86.1 Å². The van der Waals surface area contributed by atoms with Gasteiger partial charge in [-0.1, -0.05) is 52.4 Å². The molecule has 0 radical (unpaired) electrons. The Balaban J connectivity index is 1.37. The SMILES string of the molecule is CCCCCCc1cc(-c2cnc(-c3cc(CCCCCC)c(-c4ccc(C)s4)s3)c3nsnc23)sc1-c1ccc(C)s1. The Kier molecular flexibility index (Phi) is 10.2. The van der Waals surface area contributed by atoms with Crippen molar-refractivity contribution in [2.75, 3.05) is 0 Å². The van der Waals surface area contributed by atoms with Crippen molar-refractivity contribution in [2.24, 2.45) is 0 Å². The van der Waals surface area contributed by atoms with Crippen LogP contribution in [-0.2, 0) is 12.8 Å². The van der Waals surface area contributed by atoms with Crippen molar-refractivity contribution < 1.29 is 0 Å². The minimum atomic E-state index is 0.932. The quantitative estimate of drug-likeness (QED) is 0.109. The summed E-state index contributed by atoms with van der Waals surface area (Å²) in [5.74, 6) is 0. The van der Waals surface area contributed by atoms with Crippen LogP contribution < -0.4 is 0 Å². The molecular formula is C35H39N3S5. The van der Waals surface area contributed by atoms with Crippen molar-refractivity contribution in [1.29, 1.82) is 0 Å². The average molecular weight is 662 g/mol. The van der Waals surface area contributed by atoms with Gasteiger partial charge in [-0.25, -0.2) is 0 Å². The van der Waals surface area contributed by atoms with E-state index in [2.05, 4.69) is 70.3 Å². The summed E-state index contributed by atoms with van der Waals surface area (Å²) >= 11 is 8.85. The molecule has 0 N–H and O–H groups in total. The highest BCUT2D eigenvalue weighted by molar-refractivity contribution is 7.24. The number of aromatic nitrogens is 3. The Morgan fingerprint density at radius 2 is 1.14 bits per heavy atom. The molecule has 0 aliphatic rings. The van der Waals surface area contributed by atoms with Crippen molar-refractivity contribution in [3.63, 3.8) is 0 Å². The van der Waals surface area contributed by atoms with Crippen LogP contribution in [0.4, 0.5) is 0 Å². The predicted molar refractivity (Wildman–Crippen MR) is 194 cm³/mol. The molecule has 6 aromatic rings. The van der Waals surface area contributed by atoms with Crippen molar-refractivity contribution >= 4 is 68.1 Å². The first-order valence-electron chi connectivity index (χ1n) is 15.6. The lowest BCUT2D eigenvalue weighted by atomic mass is 10.0. The van der Waals surface area contributed by atoms with Gasteiger partial charge >= 0.3 is 0 Å². The van der Waals surface area contributed by atoms with E-state index >= 15 is 0 Å². The summed E-state index contributed by atoms with van der Waals surface area (Å²) in [6, 6.07) is 13.8. The van der Waals surface area contributed by atoms with Gasteiger partial charge in [0.15, 0.2) is 0 Å². The first-order valence-corrected chi connectivity index (χ1v) is 19.6. The molecule has 43 heavy (non-hydrogen) atoms. The van der Waals surface area contributed by atoms with Gasteiger partial charge in [0.25, 0.3) is 0 Å². The molecule has 0 amide bonds. The number of rotatable bonds is 14. The maximum Gasteiger partial charge on any atom is 0.132 e. The van der Waals surface area contributed by atoms with Gasteiger partial charge in [-0.2, -0.15) is 8.75 Å². The van der Waals surface area contributed by atoms with Gasteiger partial charge < -0.3 is 0 Å². The lowest BCUT2D eigenvalue weighted by molar-refractivity contribution is 0.668. The topological polar surface area (TPSA) is 38.7 Å². The molecule has 8 heteroatoms. The molecule has 0 aromatic carbocycles. The molecule has 224 valence electrons. The molecule has 0 atom stereocenters. The maximum absolute atomic E-state index is 5.12. The van der Waals surface area contributed by atoms with Crippen LogP contribution in [0.15, 0.2) is 42.6 Å². The second-order valence-electron chi connectivity index (χ2n) is 11.4. The third-order valence-corrected chi connectivity index (χ3v) is 13.2.